The van der Waals surface area contributed by atoms with Crippen LogP contribution in [0.5, 0.6) is 0 Å². The monoisotopic (exact) mass is 312 g/mol. The van der Waals surface area contributed by atoms with Crippen LogP contribution in [0.25, 0.3) is 16.9 Å². The minimum atomic E-state index is -0.217. The van der Waals surface area contributed by atoms with Gasteiger partial charge in [0.25, 0.3) is 0 Å². The number of nitrogens with two attached hydrogens (primary N) is 1. The number of unbranched alkanes of at least 4 members (excludes halogenated alkanes) is 3. The predicted octanol–water partition coefficient (Wildman–Crippen LogP) is 2.10. The lowest BCUT2D eigenvalue weighted by molar-refractivity contribution is -0.118. The van der Waals surface area contributed by atoms with Crippen LogP contribution in [0.1, 0.15) is 37.9 Å². The van der Waals surface area contributed by atoms with Gasteiger partial charge in [-0.25, -0.2) is 14.5 Å². The molecule has 0 atom stereocenters. The predicted molar refractivity (Wildman–Crippen MR) is 86.6 cm³/mol. The summed E-state index contributed by atoms with van der Waals surface area (Å²) < 4.78 is 1.73. The Balaban J connectivity index is 1.52. The lowest BCUT2D eigenvalue weighted by Crippen LogP contribution is -2.09. The van der Waals surface area contributed by atoms with Crippen LogP contribution in [-0.2, 0) is 11.2 Å². The first-order valence-electron chi connectivity index (χ1n) is 7.84. The summed E-state index contributed by atoms with van der Waals surface area (Å²) in [7, 11) is 0. The highest BCUT2D eigenvalue weighted by molar-refractivity contribution is 5.73. The van der Waals surface area contributed by atoms with Gasteiger partial charge in [0.2, 0.25) is 5.91 Å². The van der Waals surface area contributed by atoms with Gasteiger partial charge in [0, 0.05) is 24.6 Å². The fraction of sp³-hybridized carbons (Fsp3) is 0.375. The molecule has 0 unspecified atom stereocenters. The van der Waals surface area contributed by atoms with Crippen molar-refractivity contribution in [2.45, 2.75) is 38.5 Å². The number of carbonyl (C=O) groups is 1. The Morgan fingerprint density at radius 2 is 2.09 bits per heavy atom. The van der Waals surface area contributed by atoms with Gasteiger partial charge in [-0.05, 0) is 25.0 Å². The molecule has 120 valence electrons. The summed E-state index contributed by atoms with van der Waals surface area (Å²) in [5, 5.41) is 4.09. The molecule has 0 spiro atoms. The number of carbonyl (C=O) groups excluding carboxylic acids is 1. The second-order valence-corrected chi connectivity index (χ2v) is 5.60. The number of fused-ring (bicyclic) bond motifs is 1. The highest BCUT2D eigenvalue weighted by Crippen LogP contribution is 2.18. The molecule has 0 aliphatic heterocycles. The zero-order valence-electron chi connectivity index (χ0n) is 12.9. The summed E-state index contributed by atoms with van der Waals surface area (Å²) in [5.74, 6) is 0.765. The molecule has 7 heteroatoms. The minimum Gasteiger partial charge on any atom is -0.370 e. The van der Waals surface area contributed by atoms with E-state index in [1.807, 2.05) is 24.5 Å². The normalized spacial score (nSPS) is 11.1. The van der Waals surface area contributed by atoms with Crippen molar-refractivity contribution in [3.8, 4) is 11.3 Å². The van der Waals surface area contributed by atoms with Crippen LogP contribution in [0.3, 0.4) is 0 Å². The standard InChI is InChI=1S/C16H20N6O/c17-14(23)5-3-1-2-4-6-15-18-10-13(21-15)12-7-8-22-16(9-12)19-11-20-22/h7-11H,1-6H2,(H2,17,23)(H,18,21). The summed E-state index contributed by atoms with van der Waals surface area (Å²) in [5.41, 5.74) is 7.97. The molecule has 0 saturated carbocycles. The molecular formula is C16H20N6O. The van der Waals surface area contributed by atoms with Gasteiger partial charge in [0.1, 0.15) is 12.2 Å². The summed E-state index contributed by atoms with van der Waals surface area (Å²) in [6, 6.07) is 3.97. The Hall–Kier alpha value is -2.70. The Labute approximate surface area is 133 Å². The molecule has 0 aromatic carbocycles. The Morgan fingerprint density at radius 1 is 1.22 bits per heavy atom. The van der Waals surface area contributed by atoms with E-state index >= 15 is 0 Å². The van der Waals surface area contributed by atoms with Crippen molar-refractivity contribution in [2.24, 2.45) is 5.73 Å². The van der Waals surface area contributed by atoms with Crippen molar-refractivity contribution in [1.82, 2.24) is 24.6 Å². The fourth-order valence-corrected chi connectivity index (χ4v) is 2.56. The van der Waals surface area contributed by atoms with Gasteiger partial charge in [0.15, 0.2) is 5.65 Å². The number of rotatable bonds is 8. The zero-order valence-corrected chi connectivity index (χ0v) is 12.9. The van der Waals surface area contributed by atoms with Crippen LogP contribution in [0.4, 0.5) is 0 Å². The Bertz CT molecular complexity index is 791. The number of aryl methyl sites for hydroxylation is 1. The molecule has 0 bridgehead atoms. The van der Waals surface area contributed by atoms with Crippen molar-refractivity contribution in [3.05, 3.63) is 36.7 Å². The van der Waals surface area contributed by atoms with Crippen molar-refractivity contribution >= 4 is 11.6 Å². The number of primary amides is 1. The summed E-state index contributed by atoms with van der Waals surface area (Å²) >= 11 is 0. The van der Waals surface area contributed by atoms with E-state index < -0.39 is 0 Å². The molecule has 0 radical (unpaired) electrons. The summed E-state index contributed by atoms with van der Waals surface area (Å²) in [4.78, 5) is 22.6. The molecule has 3 rings (SSSR count). The van der Waals surface area contributed by atoms with Gasteiger partial charge in [-0.15, -0.1) is 0 Å². The Kier molecular flexibility index (Phi) is 4.65. The Morgan fingerprint density at radius 3 is 2.96 bits per heavy atom. The van der Waals surface area contributed by atoms with Gasteiger partial charge < -0.3 is 10.7 Å². The molecule has 7 nitrogen and oxygen atoms in total. The molecule has 0 aliphatic carbocycles. The second kappa shape index (κ2) is 7.04. The van der Waals surface area contributed by atoms with Crippen LogP contribution in [0, 0.1) is 0 Å². The number of imidazole rings is 1. The largest absolute Gasteiger partial charge is 0.370 e. The summed E-state index contributed by atoms with van der Waals surface area (Å²) in [6.45, 7) is 0. The van der Waals surface area contributed by atoms with Crippen LogP contribution < -0.4 is 5.73 Å². The number of nitrogens with zero attached hydrogens (tertiary/aromatic N) is 4. The summed E-state index contributed by atoms with van der Waals surface area (Å²) in [6.07, 6.45) is 10.7. The zero-order chi connectivity index (χ0) is 16.1. The number of aromatic amines is 1. The van der Waals surface area contributed by atoms with E-state index in [1.165, 1.54) is 6.33 Å². The lowest BCUT2D eigenvalue weighted by Gasteiger charge is -2.00. The van der Waals surface area contributed by atoms with E-state index in [4.69, 9.17) is 5.73 Å². The second-order valence-electron chi connectivity index (χ2n) is 5.60. The number of hydrogen-bond donors (Lipinski definition) is 2. The molecule has 0 aliphatic rings. The van der Waals surface area contributed by atoms with E-state index in [0.717, 1.165) is 54.8 Å². The van der Waals surface area contributed by atoms with E-state index in [1.54, 1.807) is 4.52 Å². The quantitative estimate of drug-likeness (QED) is 0.622. The van der Waals surface area contributed by atoms with Gasteiger partial charge in [-0.1, -0.05) is 12.8 Å². The van der Waals surface area contributed by atoms with Crippen molar-refractivity contribution < 1.29 is 4.79 Å². The molecule has 23 heavy (non-hydrogen) atoms. The molecular weight excluding hydrogens is 292 g/mol. The lowest BCUT2D eigenvalue weighted by atomic mass is 10.1. The molecule has 0 saturated heterocycles. The third-order valence-corrected chi connectivity index (χ3v) is 3.81. The molecule has 0 fully saturated rings. The fourth-order valence-electron chi connectivity index (χ4n) is 2.56. The first kappa shape index (κ1) is 15.2. The van der Waals surface area contributed by atoms with Crippen LogP contribution in [-0.4, -0.2) is 30.5 Å². The number of hydrogen-bond acceptors (Lipinski definition) is 4. The molecule has 1 amide bonds. The molecule has 3 aromatic heterocycles. The number of H-pyrrole nitrogens is 1. The van der Waals surface area contributed by atoms with Crippen molar-refractivity contribution in [2.75, 3.05) is 0 Å². The maximum atomic E-state index is 10.7. The van der Waals surface area contributed by atoms with Gasteiger partial charge in [-0.3, -0.25) is 4.79 Å². The topological polar surface area (TPSA) is 102 Å². The van der Waals surface area contributed by atoms with Crippen molar-refractivity contribution in [3.63, 3.8) is 0 Å². The van der Waals surface area contributed by atoms with E-state index in [9.17, 15) is 4.79 Å². The first-order valence-corrected chi connectivity index (χ1v) is 7.84. The molecule has 3 aromatic rings. The minimum absolute atomic E-state index is 0.217. The number of amides is 1. The van der Waals surface area contributed by atoms with Crippen molar-refractivity contribution in [1.29, 1.82) is 0 Å². The van der Waals surface area contributed by atoms with Gasteiger partial charge in [-0.2, -0.15) is 5.10 Å². The van der Waals surface area contributed by atoms with Gasteiger partial charge in [0.05, 0.1) is 11.9 Å². The maximum absolute atomic E-state index is 10.7. The molecule has 3 heterocycles. The number of pyridine rings is 1. The van der Waals surface area contributed by atoms with Crippen LogP contribution in [0.2, 0.25) is 0 Å². The highest BCUT2D eigenvalue weighted by Gasteiger charge is 2.05. The van der Waals surface area contributed by atoms with E-state index in [0.29, 0.717) is 6.42 Å². The number of aromatic nitrogens is 5. The van der Waals surface area contributed by atoms with E-state index in [-0.39, 0.29) is 5.91 Å². The van der Waals surface area contributed by atoms with E-state index in [2.05, 4.69) is 20.1 Å². The van der Waals surface area contributed by atoms with Crippen LogP contribution in [0.15, 0.2) is 30.9 Å². The smallest absolute Gasteiger partial charge is 0.217 e. The third-order valence-electron chi connectivity index (χ3n) is 3.81. The maximum Gasteiger partial charge on any atom is 0.217 e. The average Bonchev–Trinajstić information content (AvgIpc) is 3.18. The molecule has 3 N–H and O–H groups in total. The first-order chi connectivity index (χ1) is 11.2. The third kappa shape index (κ3) is 3.94. The highest BCUT2D eigenvalue weighted by atomic mass is 16.1. The average molecular weight is 312 g/mol. The number of nitrogens with one attached hydrogen (secondary N) is 1. The van der Waals surface area contributed by atoms with Gasteiger partial charge >= 0.3 is 0 Å². The SMILES string of the molecule is NC(=O)CCCCCCc1ncc(-c2ccn3ncnc3c2)[nH]1. The van der Waals surface area contributed by atoms with Crippen LogP contribution >= 0.6 is 0 Å².